The van der Waals surface area contributed by atoms with Crippen LogP contribution in [0.4, 0.5) is 4.79 Å². The van der Waals surface area contributed by atoms with Gasteiger partial charge < -0.3 is 25.9 Å². The lowest BCUT2D eigenvalue weighted by molar-refractivity contribution is -0.130. The van der Waals surface area contributed by atoms with E-state index in [1.54, 1.807) is 27.0 Å². The fraction of sp³-hybridized carbons (Fsp3) is 0.519. The highest BCUT2D eigenvalue weighted by Crippen LogP contribution is 2.48. The van der Waals surface area contributed by atoms with Gasteiger partial charge in [0.25, 0.3) is 5.91 Å². The molecule has 2 aromatic rings. The summed E-state index contributed by atoms with van der Waals surface area (Å²) in [5.74, 6) is -2.94. The lowest BCUT2D eigenvalue weighted by atomic mass is 10.0. The Labute approximate surface area is 220 Å². The largest absolute Gasteiger partial charge is 0.444 e. The number of aliphatic hydroxyl groups is 1. The van der Waals surface area contributed by atoms with Crippen LogP contribution < -0.4 is 11.1 Å². The summed E-state index contributed by atoms with van der Waals surface area (Å²) in [7, 11) is 0. The second-order valence-corrected chi connectivity index (χ2v) is 11.1. The molecule has 1 saturated heterocycles. The van der Waals surface area contributed by atoms with Crippen LogP contribution in [0.5, 0.6) is 0 Å². The van der Waals surface area contributed by atoms with Crippen molar-refractivity contribution in [2.75, 3.05) is 0 Å². The number of piperidine rings is 1. The standard InChI is InChI=1S/C27H35N5O6/c1-14(33)18(23(28)34)13-30-24(35)20(9-16-12-29-19-8-6-5-7-17(16)19)31-25(36)22-11-15-10-21(15)32(22)26(37)38-27(2,3)4/h5-8,12-15,18,20-22,29,33H,9-11H2,1-4H3,(H2,28,34)(H,31,36)/t14-,15+,18?,20+,21+,22+/m1/s1. The van der Waals surface area contributed by atoms with Crippen molar-refractivity contribution in [3.8, 4) is 0 Å². The molecule has 4 rings (SSSR count). The summed E-state index contributed by atoms with van der Waals surface area (Å²) in [6.07, 6.45) is 2.51. The van der Waals surface area contributed by atoms with E-state index in [2.05, 4.69) is 15.3 Å². The summed E-state index contributed by atoms with van der Waals surface area (Å²) in [4.78, 5) is 59.8. The molecule has 1 saturated carbocycles. The van der Waals surface area contributed by atoms with Gasteiger partial charge in [-0.3, -0.25) is 19.3 Å². The first-order valence-electron chi connectivity index (χ1n) is 12.8. The van der Waals surface area contributed by atoms with Crippen molar-refractivity contribution < 1.29 is 29.0 Å². The summed E-state index contributed by atoms with van der Waals surface area (Å²) in [5, 5.41) is 13.5. The molecule has 1 unspecified atom stereocenters. The first-order chi connectivity index (χ1) is 17.9. The minimum atomic E-state index is -1.16. The Morgan fingerprint density at radius 1 is 1.26 bits per heavy atom. The molecule has 1 aliphatic carbocycles. The molecule has 5 N–H and O–H groups in total. The van der Waals surface area contributed by atoms with Crippen molar-refractivity contribution in [3.05, 3.63) is 36.0 Å². The summed E-state index contributed by atoms with van der Waals surface area (Å²) < 4.78 is 5.54. The highest BCUT2D eigenvalue weighted by atomic mass is 16.6. The molecule has 0 bridgehead atoms. The molecule has 2 fully saturated rings. The predicted octanol–water partition coefficient (Wildman–Crippen LogP) is 1.67. The Bertz CT molecular complexity index is 1260. The SMILES string of the molecule is C[C@@H](O)C(C=NC(=O)[C@H](Cc1c[nH]c2ccccc12)NC(=O)[C@@H]1C[C@@H]2C[C@@H]2N1C(=O)OC(C)(C)C)C(N)=O. The number of amides is 4. The highest BCUT2D eigenvalue weighted by molar-refractivity contribution is 6.00. The fourth-order valence-electron chi connectivity index (χ4n) is 4.94. The second-order valence-electron chi connectivity index (χ2n) is 11.1. The van der Waals surface area contributed by atoms with Crippen LogP contribution in [0.2, 0.25) is 0 Å². The third-order valence-electron chi connectivity index (χ3n) is 6.94. The fourth-order valence-corrected chi connectivity index (χ4v) is 4.94. The highest BCUT2D eigenvalue weighted by Gasteiger charge is 2.57. The molecule has 0 spiro atoms. The van der Waals surface area contributed by atoms with E-state index in [9.17, 15) is 24.3 Å². The van der Waals surface area contributed by atoms with Gasteiger partial charge in [0.2, 0.25) is 11.8 Å². The van der Waals surface area contributed by atoms with E-state index in [-0.39, 0.29) is 18.4 Å². The number of fused-ring (bicyclic) bond motifs is 2. The molecule has 4 amide bonds. The van der Waals surface area contributed by atoms with E-state index in [0.29, 0.717) is 6.42 Å². The van der Waals surface area contributed by atoms with Crippen LogP contribution >= 0.6 is 0 Å². The number of para-hydroxylation sites is 1. The Morgan fingerprint density at radius 2 is 1.97 bits per heavy atom. The third-order valence-corrected chi connectivity index (χ3v) is 6.94. The minimum Gasteiger partial charge on any atom is -0.444 e. The van der Waals surface area contributed by atoms with Crippen LogP contribution in [0, 0.1) is 11.8 Å². The zero-order valence-electron chi connectivity index (χ0n) is 22.0. The number of aromatic amines is 1. The van der Waals surface area contributed by atoms with Crippen LogP contribution in [0.3, 0.4) is 0 Å². The molecule has 1 aromatic heterocycles. The maximum absolute atomic E-state index is 13.5. The van der Waals surface area contributed by atoms with Gasteiger partial charge in [0.1, 0.15) is 17.7 Å². The number of aliphatic hydroxyl groups excluding tert-OH is 1. The zero-order chi connectivity index (χ0) is 27.8. The number of carbonyl (C=O) groups is 4. The number of H-pyrrole nitrogens is 1. The number of aliphatic imine (C=N–C) groups is 1. The number of carbonyl (C=O) groups excluding carboxylic acids is 4. The van der Waals surface area contributed by atoms with Crippen LogP contribution in [0.1, 0.15) is 46.1 Å². The number of likely N-dealkylation sites (tertiary alicyclic amines) is 1. The van der Waals surface area contributed by atoms with Gasteiger partial charge in [-0.15, -0.1) is 0 Å². The first kappa shape index (κ1) is 27.3. The molecule has 0 radical (unpaired) electrons. The lowest BCUT2D eigenvalue weighted by Crippen LogP contribution is -2.53. The molecular weight excluding hydrogens is 490 g/mol. The molecular formula is C27H35N5O6. The Balaban J connectivity index is 1.57. The van der Waals surface area contributed by atoms with Crippen LogP contribution in [0.25, 0.3) is 10.9 Å². The zero-order valence-corrected chi connectivity index (χ0v) is 22.0. The van der Waals surface area contributed by atoms with Gasteiger partial charge in [-0.2, -0.15) is 0 Å². The quantitative estimate of drug-likeness (QED) is 0.383. The number of aromatic nitrogens is 1. The summed E-state index contributed by atoms with van der Waals surface area (Å²) in [6, 6.07) is 5.65. The van der Waals surface area contributed by atoms with E-state index in [4.69, 9.17) is 10.5 Å². The molecule has 11 heteroatoms. The molecule has 204 valence electrons. The summed E-state index contributed by atoms with van der Waals surface area (Å²) >= 11 is 0. The van der Waals surface area contributed by atoms with Crippen molar-refractivity contribution in [3.63, 3.8) is 0 Å². The first-order valence-corrected chi connectivity index (χ1v) is 12.8. The van der Waals surface area contributed by atoms with E-state index in [1.165, 1.54) is 11.8 Å². The number of hydrogen-bond donors (Lipinski definition) is 4. The van der Waals surface area contributed by atoms with E-state index in [0.717, 1.165) is 29.1 Å². The van der Waals surface area contributed by atoms with Crippen LogP contribution in [-0.4, -0.2) is 74.9 Å². The van der Waals surface area contributed by atoms with Gasteiger partial charge in [0.15, 0.2) is 0 Å². The predicted molar refractivity (Wildman–Crippen MR) is 140 cm³/mol. The number of hydrogen-bond acceptors (Lipinski definition) is 6. The summed E-state index contributed by atoms with van der Waals surface area (Å²) in [6.45, 7) is 6.66. The number of nitrogens with zero attached hydrogens (tertiary/aromatic N) is 2. The van der Waals surface area contributed by atoms with E-state index in [1.807, 2.05) is 24.3 Å². The van der Waals surface area contributed by atoms with Gasteiger partial charge in [0.05, 0.1) is 12.0 Å². The van der Waals surface area contributed by atoms with Crippen molar-refractivity contribution in [2.24, 2.45) is 22.6 Å². The number of ether oxygens (including phenoxy) is 1. The topological polar surface area (TPSA) is 167 Å². The molecule has 11 nitrogen and oxygen atoms in total. The molecule has 2 heterocycles. The van der Waals surface area contributed by atoms with Gasteiger partial charge in [-0.25, -0.2) is 9.79 Å². The number of primary amides is 1. The van der Waals surface area contributed by atoms with Gasteiger partial charge in [-0.05, 0) is 58.1 Å². The van der Waals surface area contributed by atoms with Gasteiger partial charge in [0, 0.05) is 35.8 Å². The van der Waals surface area contributed by atoms with Crippen LogP contribution in [0.15, 0.2) is 35.5 Å². The molecule has 6 atom stereocenters. The van der Waals surface area contributed by atoms with Gasteiger partial charge >= 0.3 is 6.09 Å². The van der Waals surface area contributed by atoms with E-state index >= 15 is 0 Å². The lowest BCUT2D eigenvalue weighted by Gasteiger charge is -2.30. The molecule has 38 heavy (non-hydrogen) atoms. The van der Waals surface area contributed by atoms with Crippen LogP contribution in [-0.2, 0) is 25.5 Å². The normalized spacial score (nSPS) is 23.1. The van der Waals surface area contributed by atoms with Crippen molar-refractivity contribution in [1.29, 1.82) is 0 Å². The average molecular weight is 526 g/mol. The maximum Gasteiger partial charge on any atom is 0.411 e. The Hall–Kier alpha value is -3.73. The molecule has 1 aliphatic heterocycles. The third kappa shape index (κ3) is 6.04. The van der Waals surface area contributed by atoms with E-state index < -0.39 is 53.5 Å². The number of benzene rings is 1. The smallest absolute Gasteiger partial charge is 0.411 e. The molecule has 1 aromatic carbocycles. The minimum absolute atomic E-state index is 0.0521. The van der Waals surface area contributed by atoms with Crippen molar-refractivity contribution in [1.82, 2.24) is 15.2 Å². The Morgan fingerprint density at radius 3 is 2.63 bits per heavy atom. The molecule has 2 aliphatic rings. The number of nitrogens with two attached hydrogens (primary N) is 1. The number of nitrogens with one attached hydrogen (secondary N) is 2. The Kier molecular flexibility index (Phi) is 7.59. The maximum atomic E-state index is 13.5. The van der Waals surface area contributed by atoms with Crippen molar-refractivity contribution >= 4 is 40.9 Å². The second kappa shape index (κ2) is 10.6. The summed E-state index contributed by atoms with van der Waals surface area (Å²) in [5.41, 5.74) is 6.26. The van der Waals surface area contributed by atoms with Gasteiger partial charge in [-0.1, -0.05) is 18.2 Å². The number of rotatable bonds is 8. The monoisotopic (exact) mass is 525 g/mol. The van der Waals surface area contributed by atoms with Crippen molar-refractivity contribution in [2.45, 2.75) is 76.8 Å². The average Bonchev–Trinajstić information content (AvgIpc) is 3.29.